The summed E-state index contributed by atoms with van der Waals surface area (Å²) in [5, 5.41) is 15.3. The molecule has 1 atom stereocenters. The summed E-state index contributed by atoms with van der Waals surface area (Å²) < 4.78 is 9.62. The van der Waals surface area contributed by atoms with Gasteiger partial charge in [0.25, 0.3) is 5.91 Å². The number of furan rings is 1. The molecule has 3 aromatic rings. The van der Waals surface area contributed by atoms with Crippen molar-refractivity contribution in [1.82, 2.24) is 5.32 Å². The number of nitro groups is 1. The van der Waals surface area contributed by atoms with Gasteiger partial charge in [-0.15, -0.1) is 11.3 Å². The molecule has 2 aromatic heterocycles. The average molecular weight is 386 g/mol. The van der Waals surface area contributed by atoms with Gasteiger partial charge in [0.15, 0.2) is 6.61 Å². The number of carbonyl (C=O) groups is 2. The molecule has 0 bridgehead atoms. The third kappa shape index (κ3) is 4.59. The van der Waals surface area contributed by atoms with E-state index in [0.717, 1.165) is 22.6 Å². The maximum Gasteiger partial charge on any atom is 0.433 e. The van der Waals surface area contributed by atoms with Gasteiger partial charge in [-0.2, -0.15) is 0 Å². The van der Waals surface area contributed by atoms with Gasteiger partial charge >= 0.3 is 11.9 Å². The fourth-order valence-electron chi connectivity index (χ4n) is 2.36. The van der Waals surface area contributed by atoms with Crippen LogP contribution in [-0.4, -0.2) is 23.4 Å². The Hall–Kier alpha value is -3.46. The van der Waals surface area contributed by atoms with E-state index in [-0.39, 0.29) is 11.8 Å². The number of amides is 1. The van der Waals surface area contributed by atoms with E-state index in [1.165, 1.54) is 11.3 Å². The van der Waals surface area contributed by atoms with Gasteiger partial charge in [-0.05, 0) is 23.1 Å². The van der Waals surface area contributed by atoms with Crippen molar-refractivity contribution < 1.29 is 23.7 Å². The zero-order valence-electron chi connectivity index (χ0n) is 13.9. The molecule has 3 rings (SSSR count). The molecule has 9 heteroatoms. The number of hydrogen-bond acceptors (Lipinski definition) is 7. The first-order valence-corrected chi connectivity index (χ1v) is 8.71. The first-order chi connectivity index (χ1) is 13.0. The van der Waals surface area contributed by atoms with Crippen molar-refractivity contribution in [1.29, 1.82) is 0 Å². The van der Waals surface area contributed by atoms with Crippen LogP contribution in [0.25, 0.3) is 0 Å². The second-order valence-electron chi connectivity index (χ2n) is 5.40. The number of ether oxygens (including phenoxy) is 1. The average Bonchev–Trinajstić information content (AvgIpc) is 3.36. The molecule has 0 unspecified atom stereocenters. The molecule has 138 valence electrons. The lowest BCUT2D eigenvalue weighted by molar-refractivity contribution is -0.402. The fourth-order valence-corrected chi connectivity index (χ4v) is 3.16. The van der Waals surface area contributed by atoms with Crippen LogP contribution in [0, 0.1) is 10.1 Å². The van der Waals surface area contributed by atoms with E-state index >= 15 is 0 Å². The molecule has 0 radical (unpaired) electrons. The lowest BCUT2D eigenvalue weighted by atomic mass is 10.1. The molecule has 0 saturated carbocycles. The third-order valence-electron chi connectivity index (χ3n) is 3.57. The van der Waals surface area contributed by atoms with E-state index in [4.69, 9.17) is 9.15 Å². The van der Waals surface area contributed by atoms with Gasteiger partial charge in [0.2, 0.25) is 5.76 Å². The van der Waals surface area contributed by atoms with Gasteiger partial charge in [-0.1, -0.05) is 36.4 Å². The molecule has 0 aliphatic carbocycles. The minimum Gasteiger partial charge on any atom is -0.450 e. The highest BCUT2D eigenvalue weighted by Crippen LogP contribution is 2.25. The molecule has 27 heavy (non-hydrogen) atoms. The highest BCUT2D eigenvalue weighted by Gasteiger charge is 2.21. The Bertz CT molecular complexity index is 936. The zero-order chi connectivity index (χ0) is 19.2. The topological polar surface area (TPSA) is 112 Å². The van der Waals surface area contributed by atoms with E-state index in [1.807, 2.05) is 47.8 Å². The zero-order valence-corrected chi connectivity index (χ0v) is 14.7. The van der Waals surface area contributed by atoms with Crippen LogP contribution in [-0.2, 0) is 9.53 Å². The molecule has 0 aliphatic heterocycles. The minimum atomic E-state index is -0.953. The number of thiophene rings is 1. The van der Waals surface area contributed by atoms with E-state index in [9.17, 15) is 19.7 Å². The van der Waals surface area contributed by atoms with Crippen LogP contribution in [0.5, 0.6) is 0 Å². The van der Waals surface area contributed by atoms with Crippen molar-refractivity contribution >= 4 is 29.1 Å². The lowest BCUT2D eigenvalue weighted by Crippen LogP contribution is -2.32. The number of nitrogens with zero attached hydrogens (tertiary/aromatic N) is 1. The molecular formula is C18H14N2O6S. The normalized spacial score (nSPS) is 11.6. The van der Waals surface area contributed by atoms with Crippen molar-refractivity contribution in [3.63, 3.8) is 0 Å². The Balaban J connectivity index is 1.62. The summed E-state index contributed by atoms with van der Waals surface area (Å²) in [5.41, 5.74) is 0.890. The first kappa shape index (κ1) is 18.3. The standard InChI is InChI=1S/C18H14N2O6S/c21-15(11-25-18(22)13-8-9-16(26-13)20(23)24)19-17(14-7-4-10-27-14)12-5-2-1-3-6-12/h1-10,17H,11H2,(H,19,21)/t17-/m1/s1. The molecular weight excluding hydrogens is 372 g/mol. The van der Waals surface area contributed by atoms with Crippen LogP contribution >= 0.6 is 11.3 Å². The number of carbonyl (C=O) groups excluding carboxylic acids is 2. The predicted molar refractivity (Wildman–Crippen MR) is 96.4 cm³/mol. The van der Waals surface area contributed by atoms with Crippen molar-refractivity contribution in [2.75, 3.05) is 6.61 Å². The van der Waals surface area contributed by atoms with E-state index in [0.29, 0.717) is 0 Å². The van der Waals surface area contributed by atoms with E-state index in [1.54, 1.807) is 0 Å². The Morgan fingerprint density at radius 3 is 2.56 bits per heavy atom. The largest absolute Gasteiger partial charge is 0.450 e. The quantitative estimate of drug-likeness (QED) is 0.379. The van der Waals surface area contributed by atoms with Gasteiger partial charge < -0.3 is 14.5 Å². The fraction of sp³-hybridized carbons (Fsp3) is 0.111. The van der Waals surface area contributed by atoms with Gasteiger partial charge in [-0.25, -0.2) is 4.79 Å². The van der Waals surface area contributed by atoms with Crippen molar-refractivity contribution in [2.24, 2.45) is 0 Å². The summed E-state index contributed by atoms with van der Waals surface area (Å²) >= 11 is 1.49. The second kappa shape index (κ2) is 8.28. The molecule has 8 nitrogen and oxygen atoms in total. The van der Waals surface area contributed by atoms with Crippen molar-refractivity contribution in [3.8, 4) is 0 Å². The third-order valence-corrected chi connectivity index (χ3v) is 4.51. The van der Waals surface area contributed by atoms with Gasteiger partial charge in [0.05, 0.1) is 12.1 Å². The number of hydrogen-bond donors (Lipinski definition) is 1. The first-order valence-electron chi connectivity index (χ1n) is 7.83. The smallest absolute Gasteiger partial charge is 0.433 e. The van der Waals surface area contributed by atoms with Crippen molar-refractivity contribution in [2.45, 2.75) is 6.04 Å². The summed E-state index contributed by atoms with van der Waals surface area (Å²) in [7, 11) is 0. The van der Waals surface area contributed by atoms with Crippen LogP contribution in [0.15, 0.2) is 64.4 Å². The number of nitrogens with one attached hydrogen (secondary N) is 1. The van der Waals surface area contributed by atoms with E-state index < -0.39 is 29.3 Å². The Morgan fingerprint density at radius 1 is 1.15 bits per heavy atom. The molecule has 0 aliphatic rings. The molecule has 1 amide bonds. The second-order valence-corrected chi connectivity index (χ2v) is 6.38. The number of esters is 1. The molecule has 0 saturated heterocycles. The van der Waals surface area contributed by atoms with Crippen molar-refractivity contribution in [3.05, 3.63) is 86.3 Å². The van der Waals surface area contributed by atoms with Crippen LogP contribution < -0.4 is 5.32 Å². The highest BCUT2D eigenvalue weighted by atomic mass is 32.1. The highest BCUT2D eigenvalue weighted by molar-refractivity contribution is 7.10. The van der Waals surface area contributed by atoms with Gasteiger partial charge in [-0.3, -0.25) is 14.9 Å². The maximum absolute atomic E-state index is 12.2. The molecule has 0 spiro atoms. The summed E-state index contributed by atoms with van der Waals surface area (Å²) in [6.07, 6.45) is 0. The van der Waals surface area contributed by atoms with Crippen LogP contribution in [0.3, 0.4) is 0 Å². The predicted octanol–water partition coefficient (Wildman–Crippen LogP) is 3.31. The summed E-state index contributed by atoms with van der Waals surface area (Å²) in [6, 6.07) is 15.0. The summed E-state index contributed by atoms with van der Waals surface area (Å²) in [4.78, 5) is 34.8. The SMILES string of the molecule is O=C(COC(=O)c1ccc([N+](=O)[O-])o1)N[C@H](c1ccccc1)c1cccs1. The Morgan fingerprint density at radius 2 is 1.93 bits per heavy atom. The van der Waals surface area contributed by atoms with E-state index in [2.05, 4.69) is 5.32 Å². The molecule has 1 aromatic carbocycles. The lowest BCUT2D eigenvalue weighted by Gasteiger charge is -2.18. The number of rotatable bonds is 7. The van der Waals surface area contributed by atoms with Crippen LogP contribution in [0.2, 0.25) is 0 Å². The van der Waals surface area contributed by atoms with Gasteiger partial charge in [0, 0.05) is 4.88 Å². The number of benzene rings is 1. The Kier molecular flexibility index (Phi) is 5.62. The Labute approximate surface area is 157 Å². The summed E-state index contributed by atoms with van der Waals surface area (Å²) in [5.74, 6) is -2.38. The molecule has 0 fully saturated rings. The molecule has 2 heterocycles. The van der Waals surface area contributed by atoms with Gasteiger partial charge in [0.1, 0.15) is 4.92 Å². The monoisotopic (exact) mass is 386 g/mol. The van der Waals surface area contributed by atoms with Crippen LogP contribution in [0.1, 0.15) is 27.0 Å². The summed E-state index contributed by atoms with van der Waals surface area (Å²) in [6.45, 7) is -0.540. The minimum absolute atomic E-state index is 0.340. The molecule has 1 N–H and O–H groups in total. The van der Waals surface area contributed by atoms with Crippen LogP contribution in [0.4, 0.5) is 5.88 Å². The maximum atomic E-state index is 12.2.